The van der Waals surface area contributed by atoms with Crippen LogP contribution in [0.1, 0.15) is 10.5 Å². The molecule has 110 valence electrons. The van der Waals surface area contributed by atoms with Gasteiger partial charge in [-0.3, -0.25) is 0 Å². The number of aromatic carboxylic acids is 1. The molecule has 1 heterocycles. The number of nitrogen functional groups attached to an aromatic ring is 1. The van der Waals surface area contributed by atoms with Gasteiger partial charge in [0.15, 0.2) is 5.69 Å². The number of imidazole rings is 1. The van der Waals surface area contributed by atoms with Crippen LogP contribution in [0.3, 0.4) is 0 Å². The summed E-state index contributed by atoms with van der Waals surface area (Å²) < 4.78 is 1.58. The van der Waals surface area contributed by atoms with Crippen molar-refractivity contribution < 1.29 is 14.7 Å². The number of nitrogens with one attached hydrogen (secondary N) is 2. The van der Waals surface area contributed by atoms with Gasteiger partial charge in [0.1, 0.15) is 0 Å². The number of benzene rings is 1. The Morgan fingerprint density at radius 2 is 2.10 bits per heavy atom. The van der Waals surface area contributed by atoms with E-state index in [9.17, 15) is 9.59 Å². The first-order valence-electron chi connectivity index (χ1n) is 6.20. The molecule has 0 unspecified atom stereocenters. The number of nitrogens with zero attached hydrogens (tertiary/aromatic N) is 2. The second kappa shape index (κ2) is 6.42. The summed E-state index contributed by atoms with van der Waals surface area (Å²) in [5.74, 6) is -1.08. The van der Waals surface area contributed by atoms with Crippen LogP contribution in [0.4, 0.5) is 16.2 Å². The molecule has 0 aliphatic rings. The van der Waals surface area contributed by atoms with E-state index in [1.165, 1.54) is 12.5 Å². The first kappa shape index (κ1) is 14.4. The number of aromatic nitrogens is 2. The summed E-state index contributed by atoms with van der Waals surface area (Å²) in [6.07, 6.45) is 2.80. The maximum atomic E-state index is 11.7. The van der Waals surface area contributed by atoms with Crippen molar-refractivity contribution in [3.63, 3.8) is 0 Å². The summed E-state index contributed by atoms with van der Waals surface area (Å²) in [5.41, 5.74) is 6.69. The SMILES string of the molecule is Nc1ccccc1NC(=O)NCCn1cnc(C(=O)O)c1. The van der Waals surface area contributed by atoms with Gasteiger partial charge in [0, 0.05) is 19.3 Å². The molecule has 0 saturated heterocycles. The fourth-order valence-corrected chi connectivity index (χ4v) is 1.67. The van der Waals surface area contributed by atoms with Crippen LogP contribution in [0, 0.1) is 0 Å². The summed E-state index contributed by atoms with van der Waals surface area (Å²) in [7, 11) is 0. The summed E-state index contributed by atoms with van der Waals surface area (Å²) in [5, 5.41) is 14.0. The minimum Gasteiger partial charge on any atom is -0.476 e. The van der Waals surface area contributed by atoms with Crippen LogP contribution in [-0.2, 0) is 6.54 Å². The van der Waals surface area contributed by atoms with E-state index in [0.717, 1.165) is 0 Å². The van der Waals surface area contributed by atoms with Crippen molar-refractivity contribution in [3.8, 4) is 0 Å². The lowest BCUT2D eigenvalue weighted by molar-refractivity contribution is 0.0691. The topological polar surface area (TPSA) is 122 Å². The third-order valence-electron chi connectivity index (χ3n) is 2.72. The van der Waals surface area contributed by atoms with E-state index in [1.54, 1.807) is 28.8 Å². The molecular weight excluding hydrogens is 274 g/mol. The van der Waals surface area contributed by atoms with Gasteiger partial charge in [-0.1, -0.05) is 12.1 Å². The summed E-state index contributed by atoms with van der Waals surface area (Å²) in [6, 6.07) is 6.55. The highest BCUT2D eigenvalue weighted by Crippen LogP contribution is 2.16. The van der Waals surface area contributed by atoms with Crippen molar-refractivity contribution in [1.82, 2.24) is 14.9 Å². The second-order valence-corrected chi connectivity index (χ2v) is 4.27. The summed E-state index contributed by atoms with van der Waals surface area (Å²) in [6.45, 7) is 0.742. The molecule has 21 heavy (non-hydrogen) atoms. The van der Waals surface area contributed by atoms with E-state index in [2.05, 4.69) is 15.6 Å². The molecule has 2 amide bonds. The maximum Gasteiger partial charge on any atom is 0.356 e. The van der Waals surface area contributed by atoms with Gasteiger partial charge in [-0.15, -0.1) is 0 Å². The molecule has 2 aromatic rings. The minimum atomic E-state index is -1.08. The van der Waals surface area contributed by atoms with Gasteiger partial charge in [-0.25, -0.2) is 14.6 Å². The third kappa shape index (κ3) is 3.96. The zero-order valence-corrected chi connectivity index (χ0v) is 11.1. The molecule has 8 nitrogen and oxygen atoms in total. The van der Waals surface area contributed by atoms with Gasteiger partial charge < -0.3 is 26.0 Å². The van der Waals surface area contributed by atoms with Crippen molar-refractivity contribution in [2.75, 3.05) is 17.6 Å². The smallest absolute Gasteiger partial charge is 0.356 e. The summed E-state index contributed by atoms with van der Waals surface area (Å²) in [4.78, 5) is 26.0. The predicted octanol–water partition coefficient (Wildman–Crippen LogP) is 0.985. The zero-order valence-electron chi connectivity index (χ0n) is 11.1. The molecule has 0 aliphatic carbocycles. The molecule has 0 saturated carbocycles. The number of hydrogen-bond acceptors (Lipinski definition) is 4. The first-order valence-corrected chi connectivity index (χ1v) is 6.20. The molecule has 0 bridgehead atoms. The molecule has 0 spiro atoms. The van der Waals surface area contributed by atoms with E-state index in [-0.39, 0.29) is 11.7 Å². The Bertz CT molecular complexity index is 653. The van der Waals surface area contributed by atoms with E-state index in [1.807, 2.05) is 0 Å². The lowest BCUT2D eigenvalue weighted by Crippen LogP contribution is -2.31. The van der Waals surface area contributed by atoms with Gasteiger partial charge in [-0.05, 0) is 12.1 Å². The largest absolute Gasteiger partial charge is 0.476 e. The van der Waals surface area contributed by atoms with Crippen LogP contribution in [-0.4, -0.2) is 33.2 Å². The van der Waals surface area contributed by atoms with E-state index >= 15 is 0 Å². The van der Waals surface area contributed by atoms with Crippen molar-refractivity contribution in [2.45, 2.75) is 6.54 Å². The first-order chi connectivity index (χ1) is 10.1. The van der Waals surface area contributed by atoms with E-state index in [0.29, 0.717) is 24.5 Å². The molecule has 2 rings (SSSR count). The number of anilines is 2. The van der Waals surface area contributed by atoms with Gasteiger partial charge in [0.2, 0.25) is 0 Å². The molecule has 5 N–H and O–H groups in total. The Balaban J connectivity index is 1.79. The lowest BCUT2D eigenvalue weighted by atomic mass is 10.3. The van der Waals surface area contributed by atoms with E-state index < -0.39 is 5.97 Å². The number of rotatable bonds is 5. The maximum absolute atomic E-state index is 11.7. The Kier molecular flexibility index (Phi) is 4.39. The molecule has 1 aromatic carbocycles. The predicted molar refractivity (Wildman–Crippen MR) is 77.1 cm³/mol. The Morgan fingerprint density at radius 1 is 1.33 bits per heavy atom. The number of carbonyl (C=O) groups excluding carboxylic acids is 1. The van der Waals surface area contributed by atoms with Crippen molar-refractivity contribution in [2.24, 2.45) is 0 Å². The Labute approximate surface area is 120 Å². The highest BCUT2D eigenvalue weighted by atomic mass is 16.4. The van der Waals surface area contributed by atoms with E-state index in [4.69, 9.17) is 10.8 Å². The van der Waals surface area contributed by atoms with Crippen LogP contribution >= 0.6 is 0 Å². The van der Waals surface area contributed by atoms with Gasteiger partial charge in [0.05, 0.1) is 17.7 Å². The minimum absolute atomic E-state index is 0.0310. The molecule has 0 atom stereocenters. The average Bonchev–Trinajstić information content (AvgIpc) is 2.90. The average molecular weight is 289 g/mol. The Hall–Kier alpha value is -3.03. The van der Waals surface area contributed by atoms with Crippen LogP contribution in [0.25, 0.3) is 0 Å². The van der Waals surface area contributed by atoms with Gasteiger partial charge >= 0.3 is 12.0 Å². The fourth-order valence-electron chi connectivity index (χ4n) is 1.67. The highest BCUT2D eigenvalue weighted by molar-refractivity contribution is 5.92. The molecular formula is C13H15N5O3. The number of urea groups is 1. The Morgan fingerprint density at radius 3 is 2.76 bits per heavy atom. The summed E-state index contributed by atoms with van der Waals surface area (Å²) >= 11 is 0. The molecule has 8 heteroatoms. The lowest BCUT2D eigenvalue weighted by Gasteiger charge is -2.09. The number of para-hydroxylation sites is 2. The number of hydrogen-bond donors (Lipinski definition) is 4. The molecule has 1 aromatic heterocycles. The normalized spacial score (nSPS) is 10.1. The number of nitrogens with two attached hydrogens (primary N) is 1. The van der Waals surface area contributed by atoms with Crippen molar-refractivity contribution in [3.05, 3.63) is 42.5 Å². The molecule has 0 fully saturated rings. The van der Waals surface area contributed by atoms with Crippen molar-refractivity contribution >= 4 is 23.4 Å². The van der Waals surface area contributed by atoms with Crippen LogP contribution in [0.2, 0.25) is 0 Å². The zero-order chi connectivity index (χ0) is 15.2. The number of carboxylic acids is 1. The number of carbonyl (C=O) groups is 2. The highest BCUT2D eigenvalue weighted by Gasteiger charge is 2.07. The van der Waals surface area contributed by atoms with Gasteiger partial charge in [0.25, 0.3) is 0 Å². The monoisotopic (exact) mass is 289 g/mol. The van der Waals surface area contributed by atoms with Crippen LogP contribution < -0.4 is 16.4 Å². The quantitative estimate of drug-likeness (QED) is 0.611. The van der Waals surface area contributed by atoms with Crippen LogP contribution in [0.15, 0.2) is 36.8 Å². The van der Waals surface area contributed by atoms with Crippen molar-refractivity contribution in [1.29, 1.82) is 0 Å². The number of amides is 2. The van der Waals surface area contributed by atoms with Crippen LogP contribution in [0.5, 0.6) is 0 Å². The molecule has 0 aliphatic heterocycles. The molecule has 0 radical (unpaired) electrons. The van der Waals surface area contributed by atoms with Gasteiger partial charge in [-0.2, -0.15) is 0 Å². The fraction of sp³-hybridized carbons (Fsp3) is 0.154. The number of carboxylic acid groups (broad SMARTS) is 1. The second-order valence-electron chi connectivity index (χ2n) is 4.27. The standard InChI is InChI=1S/C13H15N5O3/c14-9-3-1-2-4-10(9)17-13(21)15-5-6-18-7-11(12(19)20)16-8-18/h1-4,7-8H,5-6,14H2,(H,19,20)(H2,15,17,21). The third-order valence-corrected chi connectivity index (χ3v) is 2.72.